The molecule has 0 amide bonds. The van der Waals surface area contributed by atoms with E-state index in [9.17, 15) is 0 Å². The molecule has 1 fully saturated rings. The van der Waals surface area contributed by atoms with E-state index in [1.807, 2.05) is 0 Å². The predicted octanol–water partition coefficient (Wildman–Crippen LogP) is -0.633. The van der Waals surface area contributed by atoms with E-state index in [0.29, 0.717) is 12.1 Å². The highest BCUT2D eigenvalue weighted by molar-refractivity contribution is 4.77. The van der Waals surface area contributed by atoms with E-state index < -0.39 is 0 Å². The maximum absolute atomic E-state index is 5.79. The lowest BCUT2D eigenvalue weighted by Crippen LogP contribution is -2.36. The summed E-state index contributed by atoms with van der Waals surface area (Å²) in [6, 6.07) is 0.664. The molecular formula is C7H17N3. The zero-order valence-corrected chi connectivity index (χ0v) is 6.59. The topological polar surface area (TPSA) is 55.3 Å². The van der Waals surface area contributed by atoms with Crippen molar-refractivity contribution in [3.63, 3.8) is 0 Å². The number of rotatable bonds is 0. The fraction of sp³-hybridized carbons (Fsp3) is 1.00. The van der Waals surface area contributed by atoms with Crippen molar-refractivity contribution >= 4 is 0 Å². The maximum atomic E-state index is 5.79. The summed E-state index contributed by atoms with van der Waals surface area (Å²) >= 11 is 0. The molecule has 0 radical (unpaired) electrons. The summed E-state index contributed by atoms with van der Waals surface area (Å²) in [5.74, 6) is 0. The summed E-state index contributed by atoms with van der Waals surface area (Å²) in [6.07, 6.45) is 2.15. The van der Waals surface area contributed by atoms with Crippen LogP contribution in [0.1, 0.15) is 12.8 Å². The number of likely N-dealkylation sites (N-methyl/N-ethyl adjacent to an activating group) is 1. The number of nitrogens with zero attached hydrogens (tertiary/aromatic N) is 1. The first kappa shape index (κ1) is 7.98. The third-order valence-electron chi connectivity index (χ3n) is 2.00. The van der Waals surface area contributed by atoms with Crippen molar-refractivity contribution in [3.8, 4) is 0 Å². The highest BCUT2D eigenvalue weighted by Crippen LogP contribution is 2.05. The molecule has 1 heterocycles. The number of hydrogen-bond acceptors (Lipinski definition) is 3. The lowest BCUT2D eigenvalue weighted by atomic mass is 10.1. The summed E-state index contributed by atoms with van der Waals surface area (Å²) in [6.45, 7) is 1.99. The molecule has 0 saturated carbocycles. The van der Waals surface area contributed by atoms with Gasteiger partial charge < -0.3 is 16.4 Å². The minimum atomic E-state index is 0.332. The van der Waals surface area contributed by atoms with E-state index in [2.05, 4.69) is 11.9 Å². The lowest BCUT2D eigenvalue weighted by molar-refractivity contribution is 0.320. The van der Waals surface area contributed by atoms with Gasteiger partial charge in [0.2, 0.25) is 0 Å². The monoisotopic (exact) mass is 143 g/mol. The van der Waals surface area contributed by atoms with E-state index in [1.165, 1.54) is 0 Å². The van der Waals surface area contributed by atoms with E-state index in [0.717, 1.165) is 25.9 Å². The van der Waals surface area contributed by atoms with Crippen molar-refractivity contribution < 1.29 is 0 Å². The fourth-order valence-electron chi connectivity index (χ4n) is 1.49. The van der Waals surface area contributed by atoms with E-state index in [-0.39, 0.29) is 0 Å². The summed E-state index contributed by atoms with van der Waals surface area (Å²) in [4.78, 5) is 2.21. The van der Waals surface area contributed by atoms with Crippen LogP contribution in [0.2, 0.25) is 0 Å². The van der Waals surface area contributed by atoms with Gasteiger partial charge >= 0.3 is 0 Å². The Labute approximate surface area is 62.4 Å². The average Bonchev–Trinajstić information content (AvgIpc) is 1.93. The molecule has 3 nitrogen and oxygen atoms in total. The first-order valence-electron chi connectivity index (χ1n) is 3.88. The molecule has 2 atom stereocenters. The maximum Gasteiger partial charge on any atom is 0.0168 e. The van der Waals surface area contributed by atoms with Gasteiger partial charge in [0, 0.05) is 25.2 Å². The van der Waals surface area contributed by atoms with Gasteiger partial charge in [0.25, 0.3) is 0 Å². The van der Waals surface area contributed by atoms with Crippen molar-refractivity contribution in [1.82, 2.24) is 4.90 Å². The zero-order valence-electron chi connectivity index (χ0n) is 6.59. The van der Waals surface area contributed by atoms with Crippen molar-refractivity contribution in [3.05, 3.63) is 0 Å². The second-order valence-corrected chi connectivity index (χ2v) is 3.32. The van der Waals surface area contributed by atoms with Crippen LogP contribution in [0.15, 0.2) is 0 Å². The van der Waals surface area contributed by atoms with Crippen molar-refractivity contribution in [2.24, 2.45) is 11.5 Å². The Bertz CT molecular complexity index is 93.0. The fourth-order valence-corrected chi connectivity index (χ4v) is 1.49. The normalized spacial score (nSPS) is 37.5. The van der Waals surface area contributed by atoms with Crippen LogP contribution in [0.5, 0.6) is 0 Å². The lowest BCUT2D eigenvalue weighted by Gasteiger charge is -2.17. The zero-order chi connectivity index (χ0) is 7.56. The highest BCUT2D eigenvalue weighted by Gasteiger charge is 2.16. The van der Waals surface area contributed by atoms with Gasteiger partial charge in [-0.15, -0.1) is 0 Å². The Kier molecular flexibility index (Phi) is 2.65. The van der Waals surface area contributed by atoms with Crippen LogP contribution in [-0.2, 0) is 0 Å². The molecule has 0 aromatic heterocycles. The van der Waals surface area contributed by atoms with Gasteiger partial charge in [-0.1, -0.05) is 0 Å². The molecule has 0 aliphatic carbocycles. The molecule has 4 N–H and O–H groups in total. The Morgan fingerprint density at radius 2 is 1.50 bits per heavy atom. The highest BCUT2D eigenvalue weighted by atomic mass is 15.1. The number of nitrogens with two attached hydrogens (primary N) is 2. The SMILES string of the molecule is CN1CC(N)CCC(N)C1. The predicted molar refractivity (Wildman–Crippen MR) is 42.7 cm³/mol. The summed E-state index contributed by atoms with van der Waals surface area (Å²) < 4.78 is 0. The summed E-state index contributed by atoms with van der Waals surface area (Å²) in [5, 5.41) is 0. The molecule has 2 unspecified atom stereocenters. The van der Waals surface area contributed by atoms with Crippen LogP contribution in [0.25, 0.3) is 0 Å². The molecule has 60 valence electrons. The second-order valence-electron chi connectivity index (χ2n) is 3.32. The smallest absolute Gasteiger partial charge is 0.0168 e. The minimum Gasteiger partial charge on any atom is -0.327 e. The molecule has 0 bridgehead atoms. The summed E-state index contributed by atoms with van der Waals surface area (Å²) in [5.41, 5.74) is 11.6. The van der Waals surface area contributed by atoms with Crippen LogP contribution in [-0.4, -0.2) is 37.1 Å². The van der Waals surface area contributed by atoms with Crippen LogP contribution in [0.3, 0.4) is 0 Å². The molecular weight excluding hydrogens is 126 g/mol. The number of hydrogen-bond donors (Lipinski definition) is 2. The second kappa shape index (κ2) is 3.32. The molecule has 0 aromatic carbocycles. The Morgan fingerprint density at radius 1 is 1.10 bits per heavy atom. The Morgan fingerprint density at radius 3 is 1.90 bits per heavy atom. The number of likely N-dealkylation sites (tertiary alicyclic amines) is 1. The quantitative estimate of drug-likeness (QED) is 0.474. The molecule has 1 saturated heterocycles. The van der Waals surface area contributed by atoms with Gasteiger partial charge in [0.05, 0.1) is 0 Å². The molecule has 1 aliphatic heterocycles. The van der Waals surface area contributed by atoms with Crippen molar-refractivity contribution in [2.75, 3.05) is 20.1 Å². The van der Waals surface area contributed by atoms with E-state index in [1.54, 1.807) is 0 Å². The first-order valence-corrected chi connectivity index (χ1v) is 3.88. The minimum absolute atomic E-state index is 0.332. The standard InChI is InChI=1S/C7H17N3/c1-10-4-6(8)2-3-7(9)5-10/h6-7H,2-5,8-9H2,1H3. The molecule has 1 rings (SSSR count). The van der Waals surface area contributed by atoms with Crippen molar-refractivity contribution in [2.45, 2.75) is 24.9 Å². The van der Waals surface area contributed by atoms with Crippen LogP contribution in [0.4, 0.5) is 0 Å². The van der Waals surface area contributed by atoms with E-state index in [4.69, 9.17) is 11.5 Å². The van der Waals surface area contributed by atoms with Gasteiger partial charge in [0.15, 0.2) is 0 Å². The first-order chi connectivity index (χ1) is 4.68. The van der Waals surface area contributed by atoms with Crippen molar-refractivity contribution in [1.29, 1.82) is 0 Å². The van der Waals surface area contributed by atoms with Crippen LogP contribution in [0, 0.1) is 0 Å². The molecule has 1 aliphatic rings. The summed E-state index contributed by atoms with van der Waals surface area (Å²) in [7, 11) is 2.07. The van der Waals surface area contributed by atoms with Crippen LogP contribution < -0.4 is 11.5 Å². The van der Waals surface area contributed by atoms with Gasteiger partial charge in [0.1, 0.15) is 0 Å². The molecule has 0 aromatic rings. The molecule has 3 heteroatoms. The van der Waals surface area contributed by atoms with Gasteiger partial charge in [-0.25, -0.2) is 0 Å². The Balaban J connectivity index is 2.38. The van der Waals surface area contributed by atoms with Crippen LogP contribution >= 0.6 is 0 Å². The van der Waals surface area contributed by atoms with Gasteiger partial charge in [-0.05, 0) is 19.9 Å². The third kappa shape index (κ3) is 2.25. The third-order valence-corrected chi connectivity index (χ3v) is 2.00. The Hall–Kier alpha value is -0.120. The van der Waals surface area contributed by atoms with Gasteiger partial charge in [-0.3, -0.25) is 0 Å². The van der Waals surface area contributed by atoms with E-state index >= 15 is 0 Å². The largest absolute Gasteiger partial charge is 0.327 e. The molecule has 10 heavy (non-hydrogen) atoms. The average molecular weight is 143 g/mol. The molecule has 0 spiro atoms. The van der Waals surface area contributed by atoms with Gasteiger partial charge in [-0.2, -0.15) is 0 Å².